The highest BCUT2D eigenvalue weighted by Gasteiger charge is 2.13. The van der Waals surface area contributed by atoms with Gasteiger partial charge in [-0.1, -0.05) is 0 Å². The van der Waals surface area contributed by atoms with Crippen LogP contribution in [0.2, 0.25) is 0 Å². The number of aldehydes is 1. The number of carbonyl (C=O) groups excluding carboxylic acids is 1. The van der Waals surface area contributed by atoms with E-state index in [9.17, 15) is 22.8 Å². The molecule has 1 rings (SSSR count). The number of carbonyl (C=O) groups is 2. The monoisotopic (exact) mass is 260 g/mol. The largest absolute Gasteiger partial charge is 0.478 e. The van der Waals surface area contributed by atoms with Crippen LogP contribution >= 0.6 is 0 Å². The first kappa shape index (κ1) is 13.8. The molecule has 0 heterocycles. The molecule has 0 aliphatic heterocycles. The highest BCUT2D eigenvalue weighted by atomic mass is 19.3. The Morgan fingerprint density at radius 2 is 2.00 bits per heavy atom. The maximum absolute atomic E-state index is 13.4. The predicted octanol–water partition coefficient (Wildman–Crippen LogP) is 2.34. The Balaban J connectivity index is 3.20. The number of hydrogen-bond donors (Lipinski definition) is 1. The van der Waals surface area contributed by atoms with E-state index in [0.717, 1.165) is 12.1 Å². The summed E-state index contributed by atoms with van der Waals surface area (Å²) in [7, 11) is 0. The highest BCUT2D eigenvalue weighted by molar-refractivity contribution is 5.86. The maximum atomic E-state index is 13.4. The van der Waals surface area contributed by atoms with Crippen molar-refractivity contribution in [3.05, 3.63) is 35.2 Å². The molecule has 0 radical (unpaired) electrons. The van der Waals surface area contributed by atoms with E-state index in [1.165, 1.54) is 0 Å². The molecule has 1 aromatic carbocycles. The zero-order valence-electron chi connectivity index (χ0n) is 8.77. The number of alkyl halides is 2. The predicted molar refractivity (Wildman–Crippen MR) is 55.1 cm³/mol. The topological polar surface area (TPSA) is 63.6 Å². The fourth-order valence-corrected chi connectivity index (χ4v) is 1.16. The fourth-order valence-electron chi connectivity index (χ4n) is 1.16. The van der Waals surface area contributed by atoms with Crippen LogP contribution in [0.3, 0.4) is 0 Å². The van der Waals surface area contributed by atoms with Gasteiger partial charge in [0.2, 0.25) is 0 Å². The van der Waals surface area contributed by atoms with Gasteiger partial charge in [0.15, 0.2) is 6.29 Å². The SMILES string of the molecule is O=Cc1cc(F)c(/C=C/C(=O)O)cc1OC(F)F. The van der Waals surface area contributed by atoms with Gasteiger partial charge in [-0.15, -0.1) is 0 Å². The molecule has 0 amide bonds. The van der Waals surface area contributed by atoms with Gasteiger partial charge in [0.05, 0.1) is 5.56 Å². The average molecular weight is 260 g/mol. The minimum atomic E-state index is -3.18. The fraction of sp³-hybridized carbons (Fsp3) is 0.0909. The lowest BCUT2D eigenvalue weighted by molar-refractivity contribution is -0.131. The van der Waals surface area contributed by atoms with Crippen LogP contribution in [0, 0.1) is 5.82 Å². The van der Waals surface area contributed by atoms with Gasteiger partial charge in [-0.3, -0.25) is 4.79 Å². The van der Waals surface area contributed by atoms with E-state index in [2.05, 4.69) is 4.74 Å². The smallest absolute Gasteiger partial charge is 0.387 e. The third-order valence-electron chi connectivity index (χ3n) is 1.88. The van der Waals surface area contributed by atoms with Crippen molar-refractivity contribution in [3.63, 3.8) is 0 Å². The number of benzene rings is 1. The lowest BCUT2D eigenvalue weighted by Gasteiger charge is -2.08. The molecule has 0 aliphatic carbocycles. The quantitative estimate of drug-likeness (QED) is 0.652. The Labute approximate surface area is 99.3 Å². The molecule has 7 heteroatoms. The summed E-state index contributed by atoms with van der Waals surface area (Å²) in [5, 5.41) is 8.36. The highest BCUT2D eigenvalue weighted by Crippen LogP contribution is 2.24. The Bertz CT molecular complexity index is 497. The van der Waals surface area contributed by atoms with Crippen molar-refractivity contribution < 1.29 is 32.6 Å². The molecule has 0 unspecified atom stereocenters. The van der Waals surface area contributed by atoms with Gasteiger partial charge in [0, 0.05) is 11.6 Å². The molecule has 1 N–H and O–H groups in total. The number of ether oxygens (including phenoxy) is 1. The van der Waals surface area contributed by atoms with Gasteiger partial charge >= 0.3 is 12.6 Å². The van der Waals surface area contributed by atoms with Crippen LogP contribution in [0.4, 0.5) is 13.2 Å². The number of rotatable bonds is 5. The Morgan fingerprint density at radius 3 is 2.50 bits per heavy atom. The van der Waals surface area contributed by atoms with E-state index < -0.39 is 24.1 Å². The van der Waals surface area contributed by atoms with Crippen LogP contribution in [0.25, 0.3) is 6.08 Å². The second-order valence-corrected chi connectivity index (χ2v) is 3.08. The Kier molecular flexibility index (Phi) is 4.47. The standard InChI is InChI=1S/C11H7F3O4/c12-8-3-7(5-15)9(18-11(13)14)4-6(8)1-2-10(16)17/h1-5,11H,(H,16,17)/b2-1+. The van der Waals surface area contributed by atoms with Gasteiger partial charge < -0.3 is 9.84 Å². The first-order chi connectivity index (χ1) is 8.43. The van der Waals surface area contributed by atoms with Gasteiger partial charge in [0.1, 0.15) is 11.6 Å². The van der Waals surface area contributed by atoms with Crippen molar-refractivity contribution in [2.24, 2.45) is 0 Å². The molecule has 0 aromatic heterocycles. The number of hydrogen-bond acceptors (Lipinski definition) is 3. The molecular formula is C11H7F3O4. The molecule has 0 saturated carbocycles. The number of halogens is 3. The molecular weight excluding hydrogens is 253 g/mol. The number of carboxylic acids is 1. The second kappa shape index (κ2) is 5.85. The van der Waals surface area contributed by atoms with E-state index in [0.29, 0.717) is 12.1 Å². The summed E-state index contributed by atoms with van der Waals surface area (Å²) in [6, 6.07) is 1.51. The third-order valence-corrected chi connectivity index (χ3v) is 1.88. The van der Waals surface area contributed by atoms with Crippen molar-refractivity contribution >= 4 is 18.3 Å². The summed E-state index contributed by atoms with van der Waals surface area (Å²) in [5.41, 5.74) is -0.668. The number of carboxylic acid groups (broad SMARTS) is 1. The minimum Gasteiger partial charge on any atom is -0.478 e. The molecule has 4 nitrogen and oxygen atoms in total. The molecule has 0 atom stereocenters. The van der Waals surface area contributed by atoms with Gasteiger partial charge in [-0.05, 0) is 18.2 Å². The normalized spacial score (nSPS) is 10.9. The third kappa shape index (κ3) is 3.62. The lowest BCUT2D eigenvalue weighted by atomic mass is 10.1. The first-order valence-corrected chi connectivity index (χ1v) is 4.58. The van der Waals surface area contributed by atoms with Crippen LogP contribution in [0.1, 0.15) is 15.9 Å². The van der Waals surface area contributed by atoms with Crippen molar-refractivity contribution in [1.82, 2.24) is 0 Å². The average Bonchev–Trinajstić information content (AvgIpc) is 2.28. The molecule has 0 saturated heterocycles. The molecule has 96 valence electrons. The van der Waals surface area contributed by atoms with Crippen molar-refractivity contribution in [3.8, 4) is 5.75 Å². The maximum Gasteiger partial charge on any atom is 0.387 e. The van der Waals surface area contributed by atoms with Crippen LogP contribution < -0.4 is 4.74 Å². The van der Waals surface area contributed by atoms with Gasteiger partial charge in [-0.25, -0.2) is 9.18 Å². The van der Waals surface area contributed by atoms with Crippen LogP contribution in [-0.2, 0) is 4.79 Å². The minimum absolute atomic E-state index is 0.158. The van der Waals surface area contributed by atoms with Crippen LogP contribution in [-0.4, -0.2) is 24.0 Å². The lowest BCUT2D eigenvalue weighted by Crippen LogP contribution is -2.05. The summed E-state index contributed by atoms with van der Waals surface area (Å²) < 4.78 is 41.5. The summed E-state index contributed by atoms with van der Waals surface area (Å²) in [6.07, 6.45) is 1.65. The first-order valence-electron chi connectivity index (χ1n) is 4.58. The van der Waals surface area contributed by atoms with Crippen molar-refractivity contribution in [1.29, 1.82) is 0 Å². The zero-order valence-corrected chi connectivity index (χ0v) is 8.77. The summed E-state index contributed by atoms with van der Waals surface area (Å²) in [4.78, 5) is 20.8. The second-order valence-electron chi connectivity index (χ2n) is 3.08. The van der Waals surface area contributed by atoms with E-state index in [4.69, 9.17) is 5.11 Å². The summed E-state index contributed by atoms with van der Waals surface area (Å²) in [6.45, 7) is -3.18. The Morgan fingerprint density at radius 1 is 1.33 bits per heavy atom. The molecule has 0 aliphatic rings. The van der Waals surface area contributed by atoms with Gasteiger partial charge in [0.25, 0.3) is 0 Å². The van der Waals surface area contributed by atoms with E-state index >= 15 is 0 Å². The van der Waals surface area contributed by atoms with Crippen molar-refractivity contribution in [2.45, 2.75) is 6.61 Å². The van der Waals surface area contributed by atoms with E-state index in [1.54, 1.807) is 0 Å². The Hall–Kier alpha value is -2.31. The van der Waals surface area contributed by atoms with Crippen LogP contribution in [0.15, 0.2) is 18.2 Å². The van der Waals surface area contributed by atoms with Crippen molar-refractivity contribution in [2.75, 3.05) is 0 Å². The summed E-state index contributed by atoms with van der Waals surface area (Å²) in [5.74, 6) is -2.77. The van der Waals surface area contributed by atoms with E-state index in [-0.39, 0.29) is 17.4 Å². The molecule has 0 spiro atoms. The molecule has 18 heavy (non-hydrogen) atoms. The van der Waals surface area contributed by atoms with Crippen LogP contribution in [0.5, 0.6) is 5.75 Å². The van der Waals surface area contributed by atoms with E-state index in [1.807, 2.05) is 0 Å². The summed E-state index contributed by atoms with van der Waals surface area (Å²) >= 11 is 0. The van der Waals surface area contributed by atoms with Gasteiger partial charge in [-0.2, -0.15) is 8.78 Å². The molecule has 1 aromatic rings. The molecule has 0 bridgehead atoms. The zero-order chi connectivity index (χ0) is 13.7. The number of aliphatic carboxylic acids is 1. The molecule has 0 fully saturated rings.